The van der Waals surface area contributed by atoms with E-state index in [0.29, 0.717) is 281 Å². The van der Waals surface area contributed by atoms with Crippen LogP contribution in [0.3, 0.4) is 0 Å². The van der Waals surface area contributed by atoms with Gasteiger partial charge in [-0.25, -0.2) is 0 Å². The fourth-order valence-electron chi connectivity index (χ4n) is 11.5. The summed E-state index contributed by atoms with van der Waals surface area (Å²) in [6.45, 7) is 20.6. The lowest BCUT2D eigenvalue weighted by Crippen LogP contribution is -2.41. The van der Waals surface area contributed by atoms with E-state index in [0.717, 1.165) is 6.42 Å². The Hall–Kier alpha value is -8.76. The quantitative estimate of drug-likeness (QED) is 0.0199. The van der Waals surface area contributed by atoms with Crippen LogP contribution in [0.5, 0.6) is 0 Å². The van der Waals surface area contributed by atoms with Crippen molar-refractivity contribution in [2.45, 2.75) is 130 Å². The fraction of sp³-hybridized carbons (Fsp3) is 0.807. The zero-order valence-electron chi connectivity index (χ0n) is 78.8. The molecular formula is C83H165N23O24. The van der Waals surface area contributed by atoms with Crippen LogP contribution in [0.15, 0.2) is 0 Å². The molecular weight excluding hydrogens is 1700 g/mol. The van der Waals surface area contributed by atoms with Crippen molar-refractivity contribution in [1.29, 1.82) is 0 Å². The molecule has 10 amide bonds. The number of hydrogen-bond acceptors (Lipinski definition) is 37. The van der Waals surface area contributed by atoms with Gasteiger partial charge in [-0.15, -0.1) is 0 Å². The Morgan fingerprint density at radius 3 is 0.485 bits per heavy atom. The largest absolute Gasteiger partial charge is 0.469 e. The smallest absolute Gasteiger partial charge is 0.306 e. The molecule has 0 fully saturated rings. The average molecular weight is 1870 g/mol. The van der Waals surface area contributed by atoms with Gasteiger partial charge in [-0.3, -0.25) is 76.7 Å². The van der Waals surface area contributed by atoms with Crippen LogP contribution in [0.2, 0.25) is 0 Å². The SMILES string of the molecule is CCCNC(=O)CCN(CCO)CCC(=O)NCCN.COC(=O)CCN(CCNC(=O)CCN(CCO)CCC(=O)NCCN(CCC(=O)OC)CCC(=O)OC)CCC(C)=O.COC(=O)CCN(CCO)CCC(C)=O.NCCNC(=O)CCN(CCNC(=O)CCN(CCO)CCC(=O)NCCN(CCC(=O)NCCN)CCC(=O)NCCN)CCC(=O)NCCN. The first-order valence-corrected chi connectivity index (χ1v) is 45.0. The number of nitrogens with zero attached hydrogens (tertiary/aromatic N) is 8. The zero-order chi connectivity index (χ0) is 98.2. The number of nitrogens with one attached hydrogen (secondary N) is 10. The van der Waals surface area contributed by atoms with Crippen LogP contribution in [0, 0.1) is 0 Å². The predicted octanol–water partition coefficient (Wildman–Crippen LogP) is -9.19. The number of ether oxygens (including phenoxy) is 4. The molecule has 0 aliphatic rings. The van der Waals surface area contributed by atoms with Gasteiger partial charge in [0.1, 0.15) is 11.6 Å². The molecule has 756 valence electrons. The van der Waals surface area contributed by atoms with E-state index in [4.69, 9.17) is 38.9 Å². The molecule has 130 heavy (non-hydrogen) atoms. The lowest BCUT2D eigenvalue weighted by molar-refractivity contribution is -0.142. The lowest BCUT2D eigenvalue weighted by atomic mass is 10.2. The van der Waals surface area contributed by atoms with Gasteiger partial charge in [-0.2, -0.15) is 0 Å². The zero-order valence-corrected chi connectivity index (χ0v) is 78.8. The molecule has 0 atom stereocenters. The number of hydrogen-bond donors (Lipinski definition) is 19. The summed E-state index contributed by atoms with van der Waals surface area (Å²) >= 11 is 0. The Labute approximate surface area is 768 Å². The van der Waals surface area contributed by atoms with Crippen LogP contribution >= 0.6 is 0 Å². The molecule has 0 heterocycles. The van der Waals surface area contributed by atoms with Gasteiger partial charge in [0.2, 0.25) is 59.1 Å². The minimum atomic E-state index is -0.368. The number of rotatable bonds is 80. The van der Waals surface area contributed by atoms with Crippen LogP contribution in [-0.4, -0.2) is 464 Å². The molecule has 0 aromatic heterocycles. The van der Waals surface area contributed by atoms with E-state index in [1.807, 2.05) is 46.1 Å². The van der Waals surface area contributed by atoms with Crippen LogP contribution in [-0.2, 0) is 95.7 Å². The molecule has 0 aromatic carbocycles. The number of carbonyl (C=O) groups excluding carboxylic acids is 16. The summed E-state index contributed by atoms with van der Waals surface area (Å²) in [5.74, 6) is -2.66. The number of nitrogens with two attached hydrogens (primary N) is 5. The summed E-state index contributed by atoms with van der Waals surface area (Å²) < 4.78 is 18.5. The van der Waals surface area contributed by atoms with Gasteiger partial charge in [0.25, 0.3) is 0 Å². The molecule has 0 bridgehead atoms. The number of carbonyl (C=O) groups is 16. The number of esters is 4. The van der Waals surface area contributed by atoms with E-state index in [1.165, 1.54) is 42.3 Å². The monoisotopic (exact) mass is 1870 g/mol. The van der Waals surface area contributed by atoms with Crippen molar-refractivity contribution in [2.24, 2.45) is 28.7 Å². The van der Waals surface area contributed by atoms with E-state index in [9.17, 15) is 86.9 Å². The van der Waals surface area contributed by atoms with Crippen molar-refractivity contribution in [1.82, 2.24) is 92.4 Å². The first-order chi connectivity index (χ1) is 62.3. The summed E-state index contributed by atoms with van der Waals surface area (Å²) in [5.41, 5.74) is 27.1. The third-order valence-corrected chi connectivity index (χ3v) is 19.1. The first-order valence-electron chi connectivity index (χ1n) is 45.0. The molecule has 0 saturated heterocycles. The molecule has 0 aliphatic carbocycles. The highest BCUT2D eigenvalue weighted by molar-refractivity contribution is 5.81. The van der Waals surface area contributed by atoms with E-state index in [2.05, 4.69) is 72.1 Å². The Balaban J connectivity index is -0.000000902. The van der Waals surface area contributed by atoms with Gasteiger partial charge in [-0.05, 0) is 20.3 Å². The lowest BCUT2D eigenvalue weighted by Gasteiger charge is -2.23. The van der Waals surface area contributed by atoms with Gasteiger partial charge in [0.15, 0.2) is 0 Å². The van der Waals surface area contributed by atoms with E-state index in [1.54, 1.807) is 0 Å². The second kappa shape index (κ2) is 90.8. The van der Waals surface area contributed by atoms with Crippen molar-refractivity contribution in [3.8, 4) is 0 Å². The molecule has 0 aliphatic heterocycles. The van der Waals surface area contributed by atoms with Crippen molar-refractivity contribution in [2.75, 3.05) is 310 Å². The van der Waals surface area contributed by atoms with Crippen LogP contribution in [0.1, 0.15) is 130 Å². The van der Waals surface area contributed by atoms with Gasteiger partial charge in [0.05, 0.1) is 80.6 Å². The molecule has 0 radical (unpaired) electrons. The number of ketones is 2. The molecule has 0 spiro atoms. The number of aliphatic hydroxyl groups is 4. The highest BCUT2D eigenvalue weighted by Crippen LogP contribution is 2.05. The molecule has 0 aromatic rings. The second-order valence-corrected chi connectivity index (χ2v) is 29.8. The highest BCUT2D eigenvalue weighted by Gasteiger charge is 2.20. The Morgan fingerprint density at radius 2 is 0.346 bits per heavy atom. The predicted molar refractivity (Wildman–Crippen MR) is 489 cm³/mol. The van der Waals surface area contributed by atoms with Gasteiger partial charge >= 0.3 is 23.9 Å². The van der Waals surface area contributed by atoms with Gasteiger partial charge in [-0.1, -0.05) is 6.92 Å². The van der Waals surface area contributed by atoms with Crippen molar-refractivity contribution >= 4 is 94.5 Å². The Kier molecular flexibility index (Phi) is 89.0. The molecule has 47 heteroatoms. The molecule has 47 nitrogen and oxygen atoms in total. The van der Waals surface area contributed by atoms with E-state index >= 15 is 0 Å². The minimum absolute atomic E-state index is 0.00220. The standard InChI is InChI=1S/C32H67N13O7.C28H51N5O10.C13H28N4O3.C10H19NO4/c33-7-11-37-27(47)1-17-43(18-2-28(48)38-12-8-34)23-15-41-31(51)5-21-45(25-26-46)22-6-32(52)42-16-24-44(19-3-29(49)39-13-9-35)20-4-30(50)40-14-10-36;1-23(35)5-13-31(16-8-26(38)41-2)19-11-29-24(36)6-14-33(21-22-34)15-7-25(37)30-12-20-32(17-9-27(39)42-3)18-10-28(40)43-4;1-2-6-15-12(19)3-8-17(10-11-18)9-4-13(20)16-7-5-14;1-9(13)3-5-11(7-8-12)6-4-10(14)15-2/h46H,1-26,33-36H2,(H,37,47)(H,38,48)(H,39,49)(H,40,50)(H,41,51)(H,42,52);34H,5-22H2,1-4H3,(H,29,36)(H,30,37);18H,2-11,14H2,1H3,(H,15,19)(H,16,20);12H,3-8H2,1-2H3. The number of Topliss-reactive ketones (excluding diaryl/α,β-unsaturated/α-hetero) is 2. The van der Waals surface area contributed by atoms with E-state index < -0.39 is 0 Å². The molecule has 0 rings (SSSR count). The maximum Gasteiger partial charge on any atom is 0.306 e. The fourth-order valence-corrected chi connectivity index (χ4v) is 11.5. The normalized spacial score (nSPS) is 10.9. The van der Waals surface area contributed by atoms with Gasteiger partial charge < -0.3 is 160 Å². The summed E-state index contributed by atoms with van der Waals surface area (Å²) in [5, 5.41) is 64.4. The summed E-state index contributed by atoms with van der Waals surface area (Å²) in [6, 6.07) is 0. The number of methoxy groups -OCH3 is 4. The van der Waals surface area contributed by atoms with Crippen molar-refractivity contribution < 1.29 is 116 Å². The summed E-state index contributed by atoms with van der Waals surface area (Å²) in [4.78, 5) is 204. The second-order valence-electron chi connectivity index (χ2n) is 29.8. The highest BCUT2D eigenvalue weighted by atomic mass is 16.5. The molecule has 0 unspecified atom stereocenters. The molecule has 24 N–H and O–H groups in total. The average Bonchev–Trinajstić information content (AvgIpc) is 0.948. The maximum absolute atomic E-state index is 12.6. The van der Waals surface area contributed by atoms with Crippen LogP contribution in [0.4, 0.5) is 0 Å². The summed E-state index contributed by atoms with van der Waals surface area (Å²) in [7, 11) is 5.27. The van der Waals surface area contributed by atoms with Crippen molar-refractivity contribution in [3.05, 3.63) is 0 Å². The number of amides is 10. The van der Waals surface area contributed by atoms with Gasteiger partial charge in [0, 0.05) is 332 Å². The minimum Gasteiger partial charge on any atom is -0.469 e. The third kappa shape index (κ3) is 86.0. The summed E-state index contributed by atoms with van der Waals surface area (Å²) in [6.07, 6.45) is 4.75. The third-order valence-electron chi connectivity index (χ3n) is 19.1. The van der Waals surface area contributed by atoms with Crippen LogP contribution < -0.4 is 81.8 Å². The Bertz CT molecular complexity index is 2890. The topological polar surface area (TPSA) is 667 Å². The van der Waals surface area contributed by atoms with Crippen LogP contribution in [0.25, 0.3) is 0 Å². The number of aliphatic hydroxyl groups excluding tert-OH is 4. The van der Waals surface area contributed by atoms with E-state index in [-0.39, 0.29) is 198 Å². The maximum atomic E-state index is 12.6. The first kappa shape index (κ1) is 128. The Morgan fingerprint density at radius 1 is 0.208 bits per heavy atom. The molecule has 0 saturated carbocycles. The van der Waals surface area contributed by atoms with Crippen molar-refractivity contribution in [3.63, 3.8) is 0 Å².